The van der Waals surface area contributed by atoms with E-state index < -0.39 is 0 Å². The van der Waals surface area contributed by atoms with Gasteiger partial charge < -0.3 is 15.0 Å². The molecule has 2 saturated heterocycles. The minimum Gasteiger partial charge on any atom is -0.374 e. The molecule has 18 heavy (non-hydrogen) atoms. The topological polar surface area (TPSA) is 36.9 Å². The zero-order chi connectivity index (χ0) is 11.9. The van der Waals surface area contributed by atoms with Crippen molar-refractivity contribution in [2.75, 3.05) is 26.7 Å². The monoisotopic (exact) mass is 365 g/mol. The van der Waals surface area contributed by atoms with Crippen molar-refractivity contribution in [1.29, 1.82) is 0 Å². The number of hydrogen-bond acceptors (Lipinski definition) is 4. The maximum atomic E-state index is 5.96. The summed E-state index contributed by atoms with van der Waals surface area (Å²) >= 11 is 0. The molecule has 3 atom stereocenters. The molecule has 3 rings (SSSR count). The zero-order valence-electron chi connectivity index (χ0n) is 11.3. The minimum absolute atomic E-state index is 0. The van der Waals surface area contributed by atoms with Gasteiger partial charge in [0.1, 0.15) is 0 Å². The van der Waals surface area contributed by atoms with Crippen molar-refractivity contribution in [1.82, 2.24) is 10.2 Å². The number of guanidine groups is 1. The second-order valence-electron chi connectivity index (χ2n) is 6.02. The van der Waals surface area contributed by atoms with E-state index in [1.807, 2.05) is 0 Å². The molecule has 0 aromatic rings. The van der Waals surface area contributed by atoms with E-state index in [0.717, 1.165) is 25.6 Å². The van der Waals surface area contributed by atoms with E-state index in [1.54, 1.807) is 0 Å². The SMILES string of the molecule is CN1CCCN=C1NCC1(C)CC2CCC1O2.I. The van der Waals surface area contributed by atoms with Gasteiger partial charge in [0.15, 0.2) is 5.96 Å². The fourth-order valence-electron chi connectivity index (χ4n) is 3.40. The zero-order valence-corrected chi connectivity index (χ0v) is 13.6. The summed E-state index contributed by atoms with van der Waals surface area (Å²) in [4.78, 5) is 6.78. The number of fused-ring (bicyclic) bond motifs is 2. The lowest BCUT2D eigenvalue weighted by molar-refractivity contribution is 0.0686. The highest BCUT2D eigenvalue weighted by Gasteiger charge is 2.49. The summed E-state index contributed by atoms with van der Waals surface area (Å²) in [6.07, 6.45) is 5.88. The largest absolute Gasteiger partial charge is 0.374 e. The molecule has 3 heterocycles. The van der Waals surface area contributed by atoms with Crippen LogP contribution in [-0.2, 0) is 4.74 Å². The summed E-state index contributed by atoms with van der Waals surface area (Å²) in [6.45, 7) is 5.43. The van der Waals surface area contributed by atoms with Crippen molar-refractivity contribution in [3.63, 3.8) is 0 Å². The third kappa shape index (κ3) is 2.61. The smallest absolute Gasteiger partial charge is 0.193 e. The molecule has 1 N–H and O–H groups in total. The van der Waals surface area contributed by atoms with Crippen molar-refractivity contribution in [3.8, 4) is 0 Å². The van der Waals surface area contributed by atoms with Crippen molar-refractivity contribution in [2.45, 2.75) is 44.8 Å². The second kappa shape index (κ2) is 5.53. The van der Waals surface area contributed by atoms with Crippen molar-refractivity contribution in [3.05, 3.63) is 0 Å². The highest BCUT2D eigenvalue weighted by atomic mass is 127. The van der Waals surface area contributed by atoms with Gasteiger partial charge >= 0.3 is 0 Å². The first kappa shape index (κ1) is 14.4. The summed E-state index contributed by atoms with van der Waals surface area (Å²) in [5.74, 6) is 1.07. The van der Waals surface area contributed by atoms with E-state index in [-0.39, 0.29) is 24.0 Å². The van der Waals surface area contributed by atoms with Crippen LogP contribution in [0.3, 0.4) is 0 Å². The molecule has 0 spiro atoms. The van der Waals surface area contributed by atoms with Gasteiger partial charge in [0, 0.05) is 32.1 Å². The molecule has 3 aliphatic heterocycles. The van der Waals surface area contributed by atoms with E-state index in [4.69, 9.17) is 4.74 Å². The Morgan fingerprint density at radius 2 is 2.33 bits per heavy atom. The number of nitrogens with one attached hydrogen (secondary N) is 1. The number of nitrogens with zero attached hydrogens (tertiary/aromatic N) is 2. The lowest BCUT2D eigenvalue weighted by Gasteiger charge is -2.34. The Kier molecular flexibility index (Phi) is 4.41. The first-order chi connectivity index (χ1) is 8.17. The van der Waals surface area contributed by atoms with Gasteiger partial charge in [0.2, 0.25) is 0 Å². The van der Waals surface area contributed by atoms with Crippen molar-refractivity contribution in [2.24, 2.45) is 10.4 Å². The fourth-order valence-corrected chi connectivity index (χ4v) is 3.40. The Balaban J connectivity index is 0.00000120. The van der Waals surface area contributed by atoms with Gasteiger partial charge in [-0.15, -0.1) is 24.0 Å². The van der Waals surface area contributed by atoms with Crippen LogP contribution < -0.4 is 5.32 Å². The second-order valence-corrected chi connectivity index (χ2v) is 6.02. The van der Waals surface area contributed by atoms with Crippen LogP contribution in [0.1, 0.15) is 32.6 Å². The van der Waals surface area contributed by atoms with Crippen LogP contribution in [0.4, 0.5) is 0 Å². The molecule has 0 aliphatic carbocycles. The van der Waals surface area contributed by atoms with Crippen molar-refractivity contribution < 1.29 is 4.74 Å². The third-order valence-corrected chi connectivity index (χ3v) is 4.50. The molecule has 0 radical (unpaired) electrons. The summed E-state index contributed by atoms with van der Waals surface area (Å²) in [5, 5.41) is 3.53. The fraction of sp³-hybridized carbons (Fsp3) is 0.923. The average molecular weight is 365 g/mol. The van der Waals surface area contributed by atoms with Crippen molar-refractivity contribution >= 4 is 29.9 Å². The van der Waals surface area contributed by atoms with Crippen LogP contribution in [0, 0.1) is 5.41 Å². The highest BCUT2D eigenvalue weighted by Crippen LogP contribution is 2.46. The Hall–Kier alpha value is -0.0400. The predicted molar refractivity (Wildman–Crippen MR) is 83.6 cm³/mol. The molecule has 3 unspecified atom stereocenters. The average Bonchev–Trinajstić information content (AvgIpc) is 2.88. The minimum atomic E-state index is 0. The maximum Gasteiger partial charge on any atom is 0.193 e. The molecular formula is C13H24IN3O. The van der Waals surface area contributed by atoms with E-state index >= 15 is 0 Å². The number of hydrogen-bond donors (Lipinski definition) is 1. The van der Waals surface area contributed by atoms with Crippen LogP contribution in [0.25, 0.3) is 0 Å². The highest BCUT2D eigenvalue weighted by molar-refractivity contribution is 14.0. The molecule has 0 aromatic heterocycles. The summed E-state index contributed by atoms with van der Waals surface area (Å²) in [7, 11) is 2.12. The number of aliphatic imine (C=N–C) groups is 1. The van der Waals surface area contributed by atoms with Crippen LogP contribution in [-0.4, -0.2) is 49.7 Å². The number of halogens is 1. The van der Waals surface area contributed by atoms with Crippen LogP contribution in [0.5, 0.6) is 0 Å². The molecule has 104 valence electrons. The van der Waals surface area contributed by atoms with Gasteiger partial charge in [-0.2, -0.15) is 0 Å². The molecule has 0 saturated carbocycles. The Morgan fingerprint density at radius 1 is 1.50 bits per heavy atom. The summed E-state index contributed by atoms with van der Waals surface area (Å²) in [6, 6.07) is 0. The molecule has 2 bridgehead atoms. The maximum absolute atomic E-state index is 5.96. The Morgan fingerprint density at radius 3 is 2.94 bits per heavy atom. The quantitative estimate of drug-likeness (QED) is 0.759. The molecule has 0 amide bonds. The summed E-state index contributed by atoms with van der Waals surface area (Å²) in [5.41, 5.74) is 0.309. The van der Waals surface area contributed by atoms with Crippen LogP contribution >= 0.6 is 24.0 Å². The lowest BCUT2D eigenvalue weighted by Crippen LogP contribution is -2.48. The lowest BCUT2D eigenvalue weighted by atomic mass is 9.75. The number of ether oxygens (including phenoxy) is 1. The predicted octanol–water partition coefficient (Wildman–Crippen LogP) is 1.84. The van der Waals surface area contributed by atoms with E-state index in [1.165, 1.54) is 25.7 Å². The molecule has 5 heteroatoms. The van der Waals surface area contributed by atoms with Gasteiger partial charge in [0.25, 0.3) is 0 Å². The van der Waals surface area contributed by atoms with Crippen LogP contribution in [0.15, 0.2) is 4.99 Å². The Bertz CT molecular complexity index is 336. The van der Waals surface area contributed by atoms with E-state index in [9.17, 15) is 0 Å². The van der Waals surface area contributed by atoms with E-state index in [2.05, 4.69) is 29.2 Å². The normalized spacial score (nSPS) is 38.3. The molecule has 3 aliphatic rings. The molecule has 0 aromatic carbocycles. The Labute approximate surface area is 127 Å². The first-order valence-electron chi connectivity index (χ1n) is 6.82. The third-order valence-electron chi connectivity index (χ3n) is 4.50. The van der Waals surface area contributed by atoms with Gasteiger partial charge in [-0.3, -0.25) is 4.99 Å². The van der Waals surface area contributed by atoms with Gasteiger partial charge in [-0.1, -0.05) is 6.92 Å². The molecular weight excluding hydrogens is 341 g/mol. The van der Waals surface area contributed by atoms with Crippen LogP contribution in [0.2, 0.25) is 0 Å². The van der Waals surface area contributed by atoms with E-state index in [0.29, 0.717) is 17.6 Å². The first-order valence-corrected chi connectivity index (χ1v) is 6.82. The molecule has 2 fully saturated rings. The summed E-state index contributed by atoms with van der Waals surface area (Å²) < 4.78 is 5.96. The van der Waals surface area contributed by atoms with Gasteiger partial charge in [-0.25, -0.2) is 0 Å². The number of rotatable bonds is 2. The standard InChI is InChI=1S/C13H23N3O.HI/c1-13(8-10-4-5-11(13)17-10)9-15-12-14-6-3-7-16(12)2;/h10-11H,3-9H2,1-2H3,(H,14,15);1H. The van der Waals surface area contributed by atoms with Gasteiger partial charge in [0.05, 0.1) is 12.2 Å². The van der Waals surface area contributed by atoms with Gasteiger partial charge in [-0.05, 0) is 25.7 Å². The molecule has 4 nitrogen and oxygen atoms in total.